The van der Waals surface area contributed by atoms with E-state index < -0.39 is 5.82 Å². The first-order valence-corrected chi connectivity index (χ1v) is 6.71. The molecule has 0 N–H and O–H groups in total. The molecule has 3 aromatic rings. The van der Waals surface area contributed by atoms with Gasteiger partial charge in [-0.25, -0.2) is 4.39 Å². The summed E-state index contributed by atoms with van der Waals surface area (Å²) in [4.78, 5) is 5.05. The maximum absolute atomic E-state index is 13.9. The van der Waals surface area contributed by atoms with Crippen LogP contribution in [0.25, 0.3) is 10.9 Å². The molecule has 0 fully saturated rings. The highest BCUT2D eigenvalue weighted by Crippen LogP contribution is 2.32. The van der Waals surface area contributed by atoms with Crippen LogP contribution >= 0.6 is 12.6 Å². The molecule has 3 rings (SSSR count). The molecular weight excluding hydrogens is 289 g/mol. The van der Waals surface area contributed by atoms with Crippen molar-refractivity contribution >= 4 is 23.5 Å². The fraction of sp³-hybridized carbons (Fsp3) is 0.0625. The van der Waals surface area contributed by atoms with Gasteiger partial charge in [-0.05, 0) is 36.4 Å². The molecule has 1 aromatic heterocycles. The summed E-state index contributed by atoms with van der Waals surface area (Å²) in [6.07, 6.45) is 1.61. The lowest BCUT2D eigenvalue weighted by Crippen LogP contribution is -1.92. The molecule has 0 spiro atoms. The number of fused-ring (bicyclic) bond motifs is 1. The molecule has 2 aromatic carbocycles. The fourth-order valence-corrected chi connectivity index (χ4v) is 2.16. The largest absolute Gasteiger partial charge is 0.494 e. The normalized spacial score (nSPS) is 10.6. The summed E-state index contributed by atoms with van der Waals surface area (Å²) in [7, 11) is 1.42. The molecule has 0 amide bonds. The Bertz CT molecular complexity index is 790. The summed E-state index contributed by atoms with van der Waals surface area (Å²) in [5, 5.41) is 0.589. The molecule has 0 aliphatic carbocycles. The molecule has 0 unspecified atom stereocenters. The van der Waals surface area contributed by atoms with Gasteiger partial charge in [-0.2, -0.15) is 0 Å². The van der Waals surface area contributed by atoms with E-state index in [-0.39, 0.29) is 5.75 Å². The monoisotopic (exact) mass is 301 g/mol. The van der Waals surface area contributed by atoms with Gasteiger partial charge in [-0.1, -0.05) is 0 Å². The molecule has 21 heavy (non-hydrogen) atoms. The number of nitrogens with zero attached hydrogens (tertiary/aromatic N) is 1. The second-order valence-corrected chi connectivity index (χ2v) is 4.93. The van der Waals surface area contributed by atoms with Gasteiger partial charge in [-0.15, -0.1) is 12.6 Å². The van der Waals surface area contributed by atoms with Crippen LogP contribution in [0, 0.1) is 5.82 Å². The molecule has 0 saturated heterocycles. The zero-order valence-corrected chi connectivity index (χ0v) is 12.1. The van der Waals surface area contributed by atoms with Gasteiger partial charge < -0.3 is 9.47 Å². The second-order valence-electron chi connectivity index (χ2n) is 4.41. The molecule has 0 aliphatic rings. The number of hydrogen-bond donors (Lipinski definition) is 1. The number of benzene rings is 2. The van der Waals surface area contributed by atoms with Crippen LogP contribution in [0.5, 0.6) is 17.2 Å². The Morgan fingerprint density at radius 3 is 2.52 bits per heavy atom. The van der Waals surface area contributed by atoms with Crippen molar-refractivity contribution < 1.29 is 13.9 Å². The lowest BCUT2D eigenvalue weighted by atomic mass is 10.2. The summed E-state index contributed by atoms with van der Waals surface area (Å²) >= 11 is 4.22. The Morgan fingerprint density at radius 2 is 1.81 bits per heavy atom. The van der Waals surface area contributed by atoms with Crippen LogP contribution in [0.3, 0.4) is 0 Å². The van der Waals surface area contributed by atoms with Gasteiger partial charge in [0.1, 0.15) is 11.5 Å². The van der Waals surface area contributed by atoms with Crippen LogP contribution < -0.4 is 9.47 Å². The molecule has 5 heteroatoms. The van der Waals surface area contributed by atoms with E-state index in [1.807, 2.05) is 12.1 Å². The van der Waals surface area contributed by atoms with E-state index in [1.54, 1.807) is 30.5 Å². The molecule has 0 saturated carbocycles. The third kappa shape index (κ3) is 2.78. The Labute approximate surface area is 126 Å². The summed E-state index contributed by atoms with van der Waals surface area (Å²) < 4.78 is 24.6. The number of halogens is 1. The molecule has 0 atom stereocenters. The van der Waals surface area contributed by atoms with Crippen LogP contribution in [0.1, 0.15) is 0 Å². The van der Waals surface area contributed by atoms with Gasteiger partial charge in [0.15, 0.2) is 11.6 Å². The van der Waals surface area contributed by atoms with Crippen molar-refractivity contribution in [2.24, 2.45) is 0 Å². The fourth-order valence-electron chi connectivity index (χ4n) is 2.01. The van der Waals surface area contributed by atoms with Crippen molar-refractivity contribution in [2.45, 2.75) is 4.90 Å². The first kappa shape index (κ1) is 13.7. The van der Waals surface area contributed by atoms with E-state index in [9.17, 15) is 4.39 Å². The third-order valence-corrected chi connectivity index (χ3v) is 3.34. The zero-order chi connectivity index (χ0) is 14.8. The van der Waals surface area contributed by atoms with E-state index in [1.165, 1.54) is 13.2 Å². The molecule has 0 aliphatic heterocycles. The van der Waals surface area contributed by atoms with E-state index >= 15 is 0 Å². The SMILES string of the molecule is COc1cc2nccc(Oc3ccc(S)cc3)c2cc1F. The van der Waals surface area contributed by atoms with Crippen molar-refractivity contribution in [3.63, 3.8) is 0 Å². The van der Waals surface area contributed by atoms with Crippen molar-refractivity contribution in [1.29, 1.82) is 0 Å². The average Bonchev–Trinajstić information content (AvgIpc) is 2.49. The van der Waals surface area contributed by atoms with Crippen LogP contribution in [-0.4, -0.2) is 12.1 Å². The highest BCUT2D eigenvalue weighted by atomic mass is 32.1. The van der Waals surface area contributed by atoms with E-state index in [0.29, 0.717) is 22.4 Å². The second kappa shape index (κ2) is 5.61. The Kier molecular flexibility index (Phi) is 3.66. The predicted octanol–water partition coefficient (Wildman–Crippen LogP) is 4.46. The minimum atomic E-state index is -0.450. The van der Waals surface area contributed by atoms with Crippen LogP contribution in [-0.2, 0) is 0 Å². The summed E-state index contributed by atoms with van der Waals surface area (Å²) in [6.45, 7) is 0. The maximum atomic E-state index is 13.9. The molecule has 106 valence electrons. The Hall–Kier alpha value is -2.27. The number of ether oxygens (including phenoxy) is 2. The first-order valence-electron chi connectivity index (χ1n) is 6.26. The lowest BCUT2D eigenvalue weighted by molar-refractivity contribution is 0.387. The Morgan fingerprint density at radius 1 is 1.05 bits per heavy atom. The van der Waals surface area contributed by atoms with Gasteiger partial charge >= 0.3 is 0 Å². The van der Waals surface area contributed by atoms with Crippen molar-refractivity contribution in [2.75, 3.05) is 7.11 Å². The highest BCUT2D eigenvalue weighted by molar-refractivity contribution is 7.80. The lowest BCUT2D eigenvalue weighted by Gasteiger charge is -2.10. The van der Waals surface area contributed by atoms with Gasteiger partial charge in [-0.3, -0.25) is 4.98 Å². The van der Waals surface area contributed by atoms with E-state index in [4.69, 9.17) is 9.47 Å². The third-order valence-electron chi connectivity index (χ3n) is 3.04. The van der Waals surface area contributed by atoms with Crippen molar-refractivity contribution in [3.8, 4) is 17.2 Å². The summed E-state index contributed by atoms with van der Waals surface area (Å²) in [5.41, 5.74) is 0.608. The number of hydrogen-bond acceptors (Lipinski definition) is 4. The number of pyridine rings is 1. The van der Waals surface area contributed by atoms with Gasteiger partial charge in [0.2, 0.25) is 0 Å². The molecule has 0 radical (unpaired) electrons. The minimum Gasteiger partial charge on any atom is -0.494 e. The van der Waals surface area contributed by atoms with Gasteiger partial charge in [0, 0.05) is 22.5 Å². The average molecular weight is 301 g/mol. The quantitative estimate of drug-likeness (QED) is 0.725. The molecule has 1 heterocycles. The number of methoxy groups -OCH3 is 1. The minimum absolute atomic E-state index is 0.159. The van der Waals surface area contributed by atoms with Crippen LogP contribution in [0.4, 0.5) is 4.39 Å². The summed E-state index contributed by atoms with van der Waals surface area (Å²) in [5.74, 6) is 0.894. The highest BCUT2D eigenvalue weighted by Gasteiger charge is 2.10. The predicted molar refractivity (Wildman–Crippen MR) is 82.0 cm³/mol. The molecule has 3 nitrogen and oxygen atoms in total. The molecular formula is C16H12FNO2S. The van der Waals surface area contributed by atoms with Crippen molar-refractivity contribution in [3.05, 3.63) is 54.5 Å². The zero-order valence-electron chi connectivity index (χ0n) is 11.2. The number of aromatic nitrogens is 1. The van der Waals surface area contributed by atoms with Crippen molar-refractivity contribution in [1.82, 2.24) is 4.98 Å². The van der Waals surface area contributed by atoms with Gasteiger partial charge in [0.25, 0.3) is 0 Å². The summed E-state index contributed by atoms with van der Waals surface area (Å²) in [6, 6.07) is 11.9. The van der Waals surface area contributed by atoms with E-state index in [0.717, 1.165) is 4.90 Å². The van der Waals surface area contributed by atoms with Crippen LogP contribution in [0.15, 0.2) is 53.6 Å². The standard InChI is InChI=1S/C16H12FNO2S/c1-19-16-9-14-12(8-13(16)17)15(6-7-18-14)20-10-2-4-11(21)5-3-10/h2-9,21H,1H3. The number of rotatable bonds is 3. The number of thiol groups is 1. The molecule has 0 bridgehead atoms. The maximum Gasteiger partial charge on any atom is 0.165 e. The Balaban J connectivity index is 2.06. The van der Waals surface area contributed by atoms with Gasteiger partial charge in [0.05, 0.1) is 12.6 Å². The smallest absolute Gasteiger partial charge is 0.165 e. The first-order chi connectivity index (χ1) is 10.2. The van der Waals surface area contributed by atoms with E-state index in [2.05, 4.69) is 17.6 Å². The topological polar surface area (TPSA) is 31.4 Å². The van der Waals surface area contributed by atoms with Crippen LogP contribution in [0.2, 0.25) is 0 Å².